The molecule has 0 aromatic rings. The highest BCUT2D eigenvalue weighted by Crippen LogP contribution is 2.63. The molecule has 3 heteroatoms. The summed E-state index contributed by atoms with van der Waals surface area (Å²) in [7, 11) is 0. The summed E-state index contributed by atoms with van der Waals surface area (Å²) in [6.07, 6.45) is 5.35. The summed E-state index contributed by atoms with van der Waals surface area (Å²) in [5.74, 6) is 2.05. The van der Waals surface area contributed by atoms with Crippen LogP contribution in [0.2, 0.25) is 0 Å². The van der Waals surface area contributed by atoms with E-state index in [1.807, 2.05) is 11.8 Å². The van der Waals surface area contributed by atoms with Crippen molar-refractivity contribution in [1.29, 1.82) is 0 Å². The first kappa shape index (κ1) is 13.8. The number of thioether (sulfide) groups is 1. The summed E-state index contributed by atoms with van der Waals surface area (Å²) < 4.78 is 0. The molecule has 108 valence electrons. The highest BCUT2D eigenvalue weighted by atomic mass is 32.2. The first-order valence-corrected chi connectivity index (χ1v) is 8.76. The molecule has 3 fully saturated rings. The number of rotatable bonds is 2. The predicted molar refractivity (Wildman–Crippen MR) is 84.7 cm³/mol. The van der Waals surface area contributed by atoms with Crippen LogP contribution in [0.5, 0.6) is 0 Å². The van der Waals surface area contributed by atoms with Crippen molar-refractivity contribution in [2.24, 2.45) is 21.7 Å². The van der Waals surface area contributed by atoms with Crippen LogP contribution in [-0.4, -0.2) is 22.5 Å². The minimum atomic E-state index is 0.256. The van der Waals surface area contributed by atoms with Crippen LogP contribution >= 0.6 is 11.8 Å². The Kier molecular flexibility index (Phi) is 3.02. The molecule has 1 saturated heterocycles. The first-order valence-electron chi connectivity index (χ1n) is 7.78. The van der Waals surface area contributed by atoms with Gasteiger partial charge in [-0.2, -0.15) is 0 Å². The zero-order chi connectivity index (χ0) is 13.9. The van der Waals surface area contributed by atoms with Gasteiger partial charge in [-0.3, -0.25) is 4.99 Å². The van der Waals surface area contributed by atoms with Gasteiger partial charge in [0.1, 0.15) is 0 Å². The van der Waals surface area contributed by atoms with E-state index in [0.717, 1.165) is 11.7 Å². The third kappa shape index (κ3) is 2.03. The van der Waals surface area contributed by atoms with Crippen LogP contribution in [0.3, 0.4) is 0 Å². The minimum absolute atomic E-state index is 0.256. The van der Waals surface area contributed by atoms with Crippen molar-refractivity contribution in [3.05, 3.63) is 0 Å². The topological polar surface area (TPSA) is 24.4 Å². The molecule has 2 nitrogen and oxygen atoms in total. The molecule has 4 atom stereocenters. The van der Waals surface area contributed by atoms with Gasteiger partial charge >= 0.3 is 0 Å². The van der Waals surface area contributed by atoms with Crippen molar-refractivity contribution in [2.45, 2.75) is 71.9 Å². The van der Waals surface area contributed by atoms with Crippen LogP contribution < -0.4 is 5.32 Å². The molecule has 3 rings (SSSR count). The van der Waals surface area contributed by atoms with Crippen molar-refractivity contribution >= 4 is 16.9 Å². The maximum atomic E-state index is 5.19. The van der Waals surface area contributed by atoms with E-state index in [2.05, 4.69) is 39.9 Å². The van der Waals surface area contributed by atoms with E-state index in [0.29, 0.717) is 16.9 Å². The quantitative estimate of drug-likeness (QED) is 0.825. The molecule has 0 aromatic carbocycles. The normalized spacial score (nSPS) is 49.8. The Hall–Kier alpha value is -0.180. The lowest BCUT2D eigenvalue weighted by Crippen LogP contribution is -2.43. The summed E-state index contributed by atoms with van der Waals surface area (Å²) in [6.45, 7) is 11.9. The predicted octanol–water partition coefficient (Wildman–Crippen LogP) is 4.06. The Morgan fingerprint density at radius 3 is 2.58 bits per heavy atom. The number of aliphatic imine (C=N–C) groups is 1. The summed E-state index contributed by atoms with van der Waals surface area (Å²) in [4.78, 5) is 5.19. The Bertz CT molecular complexity index is 412. The van der Waals surface area contributed by atoms with E-state index < -0.39 is 0 Å². The van der Waals surface area contributed by atoms with E-state index in [1.54, 1.807) is 0 Å². The number of nitrogens with zero attached hydrogens (tertiary/aromatic N) is 1. The maximum Gasteiger partial charge on any atom is 0.157 e. The fourth-order valence-electron chi connectivity index (χ4n) is 4.53. The maximum absolute atomic E-state index is 5.19. The average Bonchev–Trinajstić information content (AvgIpc) is 2.95. The van der Waals surface area contributed by atoms with Crippen LogP contribution in [0, 0.1) is 16.7 Å². The first-order chi connectivity index (χ1) is 8.79. The van der Waals surface area contributed by atoms with Gasteiger partial charge in [0.25, 0.3) is 0 Å². The van der Waals surface area contributed by atoms with Gasteiger partial charge in [0.15, 0.2) is 5.17 Å². The lowest BCUT2D eigenvalue weighted by atomic mass is 9.69. The molecule has 0 amide bonds. The molecule has 3 aliphatic rings. The molecule has 0 aromatic heterocycles. The van der Waals surface area contributed by atoms with Gasteiger partial charge in [0, 0.05) is 11.3 Å². The molecular formula is C16H28N2S. The summed E-state index contributed by atoms with van der Waals surface area (Å²) >= 11 is 1.93. The SMILES string of the molecule is CCC1(C)CSC(=NC2C3(C)CCC(C3)C2(C)C)N1. The van der Waals surface area contributed by atoms with Gasteiger partial charge in [-0.25, -0.2) is 0 Å². The fraction of sp³-hybridized carbons (Fsp3) is 0.938. The minimum Gasteiger partial charge on any atom is -0.359 e. The second-order valence-corrected chi connectivity index (χ2v) is 9.04. The standard InChI is InChI=1S/C16H28N2S/c1-6-16(5)10-19-13(18-16)17-12-14(2,3)11-7-8-15(12,4)9-11/h11-12H,6-10H2,1-5H3,(H,17,18). The molecule has 4 unspecified atom stereocenters. The largest absolute Gasteiger partial charge is 0.359 e. The molecule has 0 radical (unpaired) electrons. The van der Waals surface area contributed by atoms with E-state index >= 15 is 0 Å². The zero-order valence-electron chi connectivity index (χ0n) is 13.0. The summed E-state index contributed by atoms with van der Waals surface area (Å²) in [5, 5.41) is 4.88. The van der Waals surface area contributed by atoms with Crippen LogP contribution in [0.15, 0.2) is 4.99 Å². The van der Waals surface area contributed by atoms with Gasteiger partial charge < -0.3 is 5.32 Å². The molecule has 19 heavy (non-hydrogen) atoms. The number of hydrogen-bond donors (Lipinski definition) is 1. The molecule has 2 aliphatic carbocycles. The van der Waals surface area contributed by atoms with E-state index in [9.17, 15) is 0 Å². The van der Waals surface area contributed by atoms with Crippen LogP contribution in [0.1, 0.15) is 60.3 Å². The molecule has 1 aliphatic heterocycles. The lowest BCUT2D eigenvalue weighted by Gasteiger charge is -2.40. The number of nitrogens with one attached hydrogen (secondary N) is 1. The third-order valence-electron chi connectivity index (χ3n) is 6.16. The zero-order valence-corrected chi connectivity index (χ0v) is 13.9. The van der Waals surface area contributed by atoms with Gasteiger partial charge in [-0.15, -0.1) is 0 Å². The highest BCUT2D eigenvalue weighted by Gasteiger charge is 2.59. The smallest absolute Gasteiger partial charge is 0.157 e. The lowest BCUT2D eigenvalue weighted by molar-refractivity contribution is 0.142. The second kappa shape index (κ2) is 4.16. The Morgan fingerprint density at radius 2 is 2.05 bits per heavy atom. The molecular weight excluding hydrogens is 252 g/mol. The highest BCUT2D eigenvalue weighted by molar-refractivity contribution is 8.14. The van der Waals surface area contributed by atoms with Gasteiger partial charge in [0.2, 0.25) is 0 Å². The molecule has 2 saturated carbocycles. The number of hydrogen-bond acceptors (Lipinski definition) is 2. The van der Waals surface area contributed by atoms with Gasteiger partial charge in [0.05, 0.1) is 6.04 Å². The van der Waals surface area contributed by atoms with E-state index in [1.165, 1.54) is 30.9 Å². The van der Waals surface area contributed by atoms with Crippen molar-refractivity contribution in [3.8, 4) is 0 Å². The van der Waals surface area contributed by atoms with Crippen LogP contribution in [0.4, 0.5) is 0 Å². The molecule has 2 bridgehead atoms. The molecule has 1 N–H and O–H groups in total. The monoisotopic (exact) mass is 280 g/mol. The van der Waals surface area contributed by atoms with Crippen LogP contribution in [0.25, 0.3) is 0 Å². The van der Waals surface area contributed by atoms with E-state index in [4.69, 9.17) is 4.99 Å². The van der Waals surface area contributed by atoms with Crippen LogP contribution in [-0.2, 0) is 0 Å². The molecule has 1 heterocycles. The van der Waals surface area contributed by atoms with Gasteiger partial charge in [-0.1, -0.05) is 39.5 Å². The second-order valence-electron chi connectivity index (χ2n) is 8.08. The Labute approximate surface area is 122 Å². The van der Waals surface area contributed by atoms with Crippen molar-refractivity contribution in [3.63, 3.8) is 0 Å². The van der Waals surface area contributed by atoms with Crippen molar-refractivity contribution in [2.75, 3.05) is 5.75 Å². The van der Waals surface area contributed by atoms with Crippen molar-refractivity contribution in [1.82, 2.24) is 5.32 Å². The summed E-state index contributed by atoms with van der Waals surface area (Å²) in [6, 6.07) is 0.507. The summed E-state index contributed by atoms with van der Waals surface area (Å²) in [5.41, 5.74) is 1.09. The number of fused-ring (bicyclic) bond motifs is 2. The average molecular weight is 280 g/mol. The van der Waals surface area contributed by atoms with E-state index in [-0.39, 0.29) is 5.54 Å². The third-order valence-corrected chi connectivity index (χ3v) is 7.42. The van der Waals surface area contributed by atoms with Gasteiger partial charge in [-0.05, 0) is 49.4 Å². The molecule has 0 spiro atoms. The van der Waals surface area contributed by atoms with Crippen molar-refractivity contribution < 1.29 is 0 Å². The fourth-order valence-corrected chi connectivity index (χ4v) is 5.76. The number of amidine groups is 1. The Morgan fingerprint density at radius 1 is 1.32 bits per heavy atom. The Balaban J connectivity index is 1.84.